The molecule has 0 radical (unpaired) electrons. The highest BCUT2D eigenvalue weighted by molar-refractivity contribution is 6.05. The molecule has 0 bridgehead atoms. The van der Waals surface area contributed by atoms with Crippen LogP contribution in [0.5, 0.6) is 0 Å². The van der Waals surface area contributed by atoms with Gasteiger partial charge in [0.05, 0.1) is 0 Å². The molecular weight excluding hydrogens is 374 g/mol. The molecule has 3 heterocycles. The Hall–Kier alpha value is -2.94. The van der Waals surface area contributed by atoms with E-state index in [2.05, 4.69) is 20.9 Å². The van der Waals surface area contributed by atoms with Gasteiger partial charge in [-0.2, -0.15) is 0 Å². The molecule has 2 saturated heterocycles. The Bertz CT molecular complexity index is 870. The maximum atomic E-state index is 12.8. The molecule has 0 aromatic heterocycles. The van der Waals surface area contributed by atoms with Crippen LogP contribution in [0.15, 0.2) is 18.2 Å². The quantitative estimate of drug-likeness (QED) is 0.615. The number of carbonyl (C=O) groups excluding carboxylic acids is 4. The summed E-state index contributed by atoms with van der Waals surface area (Å²) in [4.78, 5) is 52.1. The molecule has 0 spiro atoms. The SMILES string of the molecule is CN1CCC(NC(=O)NCc2ccc3c(c2)C(=O)N(C2CCC(=O)NC2=O)C3)C1. The maximum absolute atomic E-state index is 12.8. The molecule has 4 rings (SSSR count). The van der Waals surface area contributed by atoms with Crippen molar-refractivity contribution in [1.82, 2.24) is 25.8 Å². The van der Waals surface area contributed by atoms with Crippen LogP contribution in [0, 0.1) is 0 Å². The van der Waals surface area contributed by atoms with Crippen LogP contribution >= 0.6 is 0 Å². The summed E-state index contributed by atoms with van der Waals surface area (Å²) in [6, 6.07) is 4.83. The fourth-order valence-electron chi connectivity index (χ4n) is 4.18. The molecule has 0 saturated carbocycles. The van der Waals surface area contributed by atoms with Gasteiger partial charge in [0.1, 0.15) is 6.04 Å². The summed E-state index contributed by atoms with van der Waals surface area (Å²) in [5, 5.41) is 8.10. The second-order valence-corrected chi connectivity index (χ2v) is 7.97. The Morgan fingerprint density at radius 1 is 1.24 bits per heavy atom. The van der Waals surface area contributed by atoms with E-state index in [4.69, 9.17) is 0 Å². The maximum Gasteiger partial charge on any atom is 0.315 e. The summed E-state index contributed by atoms with van der Waals surface area (Å²) >= 11 is 0. The molecule has 154 valence electrons. The van der Waals surface area contributed by atoms with E-state index in [1.54, 1.807) is 6.07 Å². The highest BCUT2D eigenvalue weighted by Crippen LogP contribution is 2.28. The van der Waals surface area contributed by atoms with Gasteiger partial charge in [-0.15, -0.1) is 0 Å². The standard InChI is InChI=1S/C20H25N5O4/c1-24-7-6-14(11-24)22-20(29)21-9-12-2-3-13-10-25(19(28)15(13)8-12)16-4-5-17(26)23-18(16)27/h2-3,8,14,16H,4-7,9-11H2,1H3,(H2,21,22,29)(H,23,26,27). The van der Waals surface area contributed by atoms with E-state index in [0.717, 1.165) is 30.6 Å². The molecule has 3 aliphatic heterocycles. The number of likely N-dealkylation sites (N-methyl/N-ethyl adjacent to an activating group) is 1. The molecule has 2 fully saturated rings. The predicted molar refractivity (Wildman–Crippen MR) is 104 cm³/mol. The Morgan fingerprint density at radius 2 is 2.07 bits per heavy atom. The van der Waals surface area contributed by atoms with Crippen molar-refractivity contribution in [2.24, 2.45) is 0 Å². The van der Waals surface area contributed by atoms with Gasteiger partial charge in [-0.25, -0.2) is 4.79 Å². The van der Waals surface area contributed by atoms with E-state index < -0.39 is 11.9 Å². The van der Waals surface area contributed by atoms with Gasteiger partial charge in [0.25, 0.3) is 5.91 Å². The van der Waals surface area contributed by atoms with E-state index in [1.807, 2.05) is 19.2 Å². The molecular formula is C20H25N5O4. The molecule has 9 heteroatoms. The van der Waals surface area contributed by atoms with Gasteiger partial charge in [-0.05, 0) is 43.6 Å². The monoisotopic (exact) mass is 399 g/mol. The average Bonchev–Trinajstić information content (AvgIpc) is 3.23. The van der Waals surface area contributed by atoms with E-state index in [9.17, 15) is 19.2 Å². The van der Waals surface area contributed by atoms with Crippen molar-refractivity contribution >= 4 is 23.8 Å². The molecule has 1 aromatic rings. The summed E-state index contributed by atoms with van der Waals surface area (Å²) in [6.45, 7) is 2.48. The predicted octanol–water partition coefficient (Wildman–Crippen LogP) is -0.0491. The van der Waals surface area contributed by atoms with Gasteiger partial charge in [0.15, 0.2) is 0 Å². The highest BCUT2D eigenvalue weighted by Gasteiger charge is 2.39. The third kappa shape index (κ3) is 4.09. The topological polar surface area (TPSA) is 111 Å². The first-order valence-electron chi connectivity index (χ1n) is 9.90. The second-order valence-electron chi connectivity index (χ2n) is 7.97. The van der Waals surface area contributed by atoms with Crippen LogP contribution in [0.4, 0.5) is 4.79 Å². The Kier molecular flexibility index (Phi) is 5.23. The minimum absolute atomic E-state index is 0.156. The fraction of sp³-hybridized carbons (Fsp3) is 0.500. The number of urea groups is 1. The summed E-state index contributed by atoms with van der Waals surface area (Å²) in [6.07, 6.45) is 1.51. The van der Waals surface area contributed by atoms with Crippen molar-refractivity contribution < 1.29 is 19.2 Å². The lowest BCUT2D eigenvalue weighted by atomic mass is 10.0. The van der Waals surface area contributed by atoms with Crippen molar-refractivity contribution in [1.29, 1.82) is 0 Å². The lowest BCUT2D eigenvalue weighted by Gasteiger charge is -2.29. The van der Waals surface area contributed by atoms with Crippen LogP contribution in [-0.2, 0) is 22.7 Å². The van der Waals surface area contributed by atoms with Crippen molar-refractivity contribution in [3.8, 4) is 0 Å². The first-order chi connectivity index (χ1) is 13.9. The summed E-state index contributed by atoms with van der Waals surface area (Å²) < 4.78 is 0. The lowest BCUT2D eigenvalue weighted by molar-refractivity contribution is -0.136. The van der Waals surface area contributed by atoms with E-state index in [0.29, 0.717) is 25.1 Å². The Labute approximate surface area is 168 Å². The molecule has 2 unspecified atom stereocenters. The summed E-state index contributed by atoms with van der Waals surface area (Å²) in [7, 11) is 2.03. The van der Waals surface area contributed by atoms with Gasteiger partial charge in [0.2, 0.25) is 11.8 Å². The van der Waals surface area contributed by atoms with Crippen LogP contribution < -0.4 is 16.0 Å². The normalized spacial score (nSPS) is 24.4. The third-order valence-electron chi connectivity index (χ3n) is 5.77. The van der Waals surface area contributed by atoms with Gasteiger partial charge >= 0.3 is 6.03 Å². The molecule has 3 aliphatic rings. The Balaban J connectivity index is 1.36. The van der Waals surface area contributed by atoms with Crippen LogP contribution in [0.1, 0.15) is 40.7 Å². The number of carbonyl (C=O) groups is 4. The van der Waals surface area contributed by atoms with Gasteiger partial charge in [-0.3, -0.25) is 19.7 Å². The largest absolute Gasteiger partial charge is 0.334 e. The number of piperidine rings is 1. The third-order valence-corrected chi connectivity index (χ3v) is 5.77. The number of nitrogens with one attached hydrogen (secondary N) is 3. The number of fused-ring (bicyclic) bond motifs is 1. The fourth-order valence-corrected chi connectivity index (χ4v) is 4.18. The zero-order valence-corrected chi connectivity index (χ0v) is 16.4. The van der Waals surface area contributed by atoms with Crippen molar-refractivity contribution in [2.45, 2.75) is 44.4 Å². The molecule has 9 nitrogen and oxygen atoms in total. The minimum Gasteiger partial charge on any atom is -0.334 e. The number of imide groups is 1. The number of rotatable bonds is 4. The number of hydrogen-bond acceptors (Lipinski definition) is 5. The first kappa shape index (κ1) is 19.4. The first-order valence-corrected chi connectivity index (χ1v) is 9.90. The number of nitrogens with zero attached hydrogens (tertiary/aromatic N) is 2. The van der Waals surface area contributed by atoms with Crippen LogP contribution in [0.2, 0.25) is 0 Å². The highest BCUT2D eigenvalue weighted by atomic mass is 16.2. The van der Waals surface area contributed by atoms with Crippen LogP contribution in [0.25, 0.3) is 0 Å². The number of hydrogen-bond donors (Lipinski definition) is 3. The molecule has 29 heavy (non-hydrogen) atoms. The van der Waals surface area contributed by atoms with Gasteiger partial charge in [0, 0.05) is 37.7 Å². The average molecular weight is 399 g/mol. The molecule has 5 amide bonds. The van der Waals surface area contributed by atoms with Crippen molar-refractivity contribution in [3.63, 3.8) is 0 Å². The summed E-state index contributed by atoms with van der Waals surface area (Å²) in [5.41, 5.74) is 2.22. The lowest BCUT2D eigenvalue weighted by Crippen LogP contribution is -2.52. The zero-order chi connectivity index (χ0) is 20.5. The molecule has 2 atom stereocenters. The molecule has 1 aromatic carbocycles. The van der Waals surface area contributed by atoms with Crippen LogP contribution in [0.3, 0.4) is 0 Å². The van der Waals surface area contributed by atoms with Gasteiger partial charge in [-0.1, -0.05) is 12.1 Å². The number of benzene rings is 1. The van der Waals surface area contributed by atoms with Crippen LogP contribution in [-0.4, -0.2) is 65.8 Å². The minimum atomic E-state index is -0.621. The summed E-state index contributed by atoms with van der Waals surface area (Å²) in [5.74, 6) is -0.931. The smallest absolute Gasteiger partial charge is 0.315 e. The molecule has 0 aliphatic carbocycles. The number of amides is 5. The van der Waals surface area contributed by atoms with Crippen molar-refractivity contribution in [3.05, 3.63) is 34.9 Å². The van der Waals surface area contributed by atoms with Crippen molar-refractivity contribution in [2.75, 3.05) is 20.1 Å². The van der Waals surface area contributed by atoms with E-state index in [-0.39, 0.29) is 30.3 Å². The molecule has 3 N–H and O–H groups in total. The van der Waals surface area contributed by atoms with E-state index in [1.165, 1.54) is 4.90 Å². The Morgan fingerprint density at radius 3 is 2.79 bits per heavy atom. The second kappa shape index (κ2) is 7.82. The van der Waals surface area contributed by atoms with Gasteiger partial charge < -0.3 is 20.4 Å². The zero-order valence-electron chi connectivity index (χ0n) is 16.4. The number of likely N-dealkylation sites (tertiary alicyclic amines) is 1. The van der Waals surface area contributed by atoms with E-state index >= 15 is 0 Å².